The van der Waals surface area contributed by atoms with Gasteiger partial charge in [-0.15, -0.1) is 0 Å². The van der Waals surface area contributed by atoms with Gasteiger partial charge in [0.2, 0.25) is 15.9 Å². The zero-order valence-electron chi connectivity index (χ0n) is 16.1. The summed E-state index contributed by atoms with van der Waals surface area (Å²) in [5.41, 5.74) is 0.785. The fourth-order valence-electron chi connectivity index (χ4n) is 3.72. The predicted octanol–water partition coefficient (Wildman–Crippen LogP) is 3.96. The Morgan fingerprint density at radius 3 is 2.29 bits per heavy atom. The molecule has 0 aromatic heterocycles. The number of hydrogen-bond acceptors (Lipinski definition) is 3. The number of anilines is 1. The summed E-state index contributed by atoms with van der Waals surface area (Å²) in [6, 6.07) is 12.2. The first-order valence-electron chi connectivity index (χ1n) is 9.46. The fourth-order valence-corrected chi connectivity index (χ4v) is 5.61. The SMILES string of the molecule is C[C@@H]1CCC[C@@H](C)N1S(=O)(=O)c1ccc(NC(=O)Cc2ccccc2F)cc1. The van der Waals surface area contributed by atoms with Crippen molar-refractivity contribution in [1.82, 2.24) is 4.31 Å². The molecule has 0 radical (unpaired) electrons. The predicted molar refractivity (Wildman–Crippen MR) is 107 cm³/mol. The van der Waals surface area contributed by atoms with Crippen LogP contribution in [0.25, 0.3) is 0 Å². The second kappa shape index (κ2) is 8.41. The van der Waals surface area contributed by atoms with E-state index in [0.29, 0.717) is 11.3 Å². The van der Waals surface area contributed by atoms with Gasteiger partial charge in [0.05, 0.1) is 11.3 Å². The van der Waals surface area contributed by atoms with Crippen molar-refractivity contribution in [2.75, 3.05) is 5.32 Å². The molecule has 1 amide bonds. The van der Waals surface area contributed by atoms with Crippen LogP contribution in [0.1, 0.15) is 38.7 Å². The number of benzene rings is 2. The number of hydrogen-bond donors (Lipinski definition) is 1. The largest absolute Gasteiger partial charge is 0.326 e. The lowest BCUT2D eigenvalue weighted by atomic mass is 10.0. The van der Waals surface area contributed by atoms with E-state index in [4.69, 9.17) is 0 Å². The topological polar surface area (TPSA) is 66.5 Å². The van der Waals surface area contributed by atoms with Gasteiger partial charge in [-0.2, -0.15) is 4.31 Å². The second-order valence-corrected chi connectivity index (χ2v) is 9.15. The second-order valence-electron chi connectivity index (χ2n) is 7.30. The number of halogens is 1. The standard InChI is InChI=1S/C21H25FN2O3S/c1-15-6-5-7-16(2)24(15)28(26,27)19-12-10-18(11-13-19)23-21(25)14-17-8-3-4-9-20(17)22/h3-4,8-13,15-16H,5-7,14H2,1-2H3,(H,23,25)/t15-,16-/m1/s1. The van der Waals surface area contributed by atoms with Gasteiger partial charge in [-0.3, -0.25) is 4.79 Å². The molecule has 1 N–H and O–H groups in total. The monoisotopic (exact) mass is 404 g/mol. The number of sulfonamides is 1. The number of carbonyl (C=O) groups is 1. The van der Waals surface area contributed by atoms with E-state index in [9.17, 15) is 17.6 Å². The van der Waals surface area contributed by atoms with Gasteiger partial charge in [0, 0.05) is 17.8 Å². The number of piperidine rings is 1. The normalized spacial score (nSPS) is 20.7. The summed E-state index contributed by atoms with van der Waals surface area (Å²) in [5, 5.41) is 2.68. The van der Waals surface area contributed by atoms with Crippen LogP contribution in [0.5, 0.6) is 0 Å². The molecule has 3 rings (SSSR count). The molecular weight excluding hydrogens is 379 g/mol. The summed E-state index contributed by atoms with van der Waals surface area (Å²) in [5.74, 6) is -0.789. The minimum atomic E-state index is -3.59. The molecule has 2 atom stereocenters. The van der Waals surface area contributed by atoms with Crippen LogP contribution in [0, 0.1) is 5.82 Å². The van der Waals surface area contributed by atoms with E-state index < -0.39 is 15.8 Å². The van der Waals surface area contributed by atoms with E-state index >= 15 is 0 Å². The summed E-state index contributed by atoms with van der Waals surface area (Å²) >= 11 is 0. The van der Waals surface area contributed by atoms with Crippen molar-refractivity contribution in [3.63, 3.8) is 0 Å². The molecule has 1 aliphatic rings. The number of rotatable bonds is 5. The lowest BCUT2D eigenvalue weighted by Crippen LogP contribution is -2.47. The first-order chi connectivity index (χ1) is 13.3. The van der Waals surface area contributed by atoms with Gasteiger partial charge >= 0.3 is 0 Å². The van der Waals surface area contributed by atoms with Crippen molar-refractivity contribution >= 4 is 21.6 Å². The number of nitrogens with one attached hydrogen (secondary N) is 1. The third kappa shape index (κ3) is 4.42. The molecule has 2 aromatic carbocycles. The summed E-state index contributed by atoms with van der Waals surface area (Å²) in [7, 11) is -3.59. The van der Waals surface area contributed by atoms with Crippen molar-refractivity contribution in [1.29, 1.82) is 0 Å². The van der Waals surface area contributed by atoms with E-state index in [1.54, 1.807) is 34.6 Å². The number of amides is 1. The van der Waals surface area contributed by atoms with Crippen molar-refractivity contribution in [2.24, 2.45) is 0 Å². The van der Waals surface area contributed by atoms with Gasteiger partial charge in [0.25, 0.3) is 0 Å². The molecular formula is C21H25FN2O3S. The Morgan fingerprint density at radius 1 is 1.07 bits per heavy atom. The van der Waals surface area contributed by atoms with Gasteiger partial charge in [-0.1, -0.05) is 24.6 Å². The lowest BCUT2D eigenvalue weighted by molar-refractivity contribution is -0.115. The molecule has 1 saturated heterocycles. The Bertz CT molecular complexity index is 934. The summed E-state index contributed by atoms with van der Waals surface area (Å²) in [6.07, 6.45) is 2.65. The summed E-state index contributed by atoms with van der Waals surface area (Å²) < 4.78 is 41.3. The molecule has 2 aromatic rings. The Kier molecular flexibility index (Phi) is 6.15. The van der Waals surface area contributed by atoms with E-state index in [1.807, 2.05) is 13.8 Å². The van der Waals surface area contributed by atoms with Crippen LogP contribution >= 0.6 is 0 Å². The highest BCUT2D eigenvalue weighted by Crippen LogP contribution is 2.30. The molecule has 1 aliphatic heterocycles. The fraction of sp³-hybridized carbons (Fsp3) is 0.381. The Morgan fingerprint density at radius 2 is 1.68 bits per heavy atom. The quantitative estimate of drug-likeness (QED) is 0.820. The van der Waals surface area contributed by atoms with Crippen LogP contribution in [0.2, 0.25) is 0 Å². The molecule has 0 spiro atoms. The highest BCUT2D eigenvalue weighted by atomic mass is 32.2. The van der Waals surface area contributed by atoms with Crippen molar-refractivity contribution in [3.8, 4) is 0 Å². The maximum Gasteiger partial charge on any atom is 0.243 e. The third-order valence-electron chi connectivity index (χ3n) is 5.13. The van der Waals surface area contributed by atoms with Gasteiger partial charge in [0.15, 0.2) is 0 Å². The highest BCUT2D eigenvalue weighted by molar-refractivity contribution is 7.89. The van der Waals surface area contributed by atoms with Gasteiger partial charge in [0.1, 0.15) is 5.82 Å². The average Bonchev–Trinajstić information content (AvgIpc) is 2.64. The van der Waals surface area contributed by atoms with Gasteiger partial charge in [-0.05, 0) is 62.6 Å². The number of nitrogens with zero attached hydrogens (tertiary/aromatic N) is 1. The Balaban J connectivity index is 1.71. The van der Waals surface area contributed by atoms with Crippen LogP contribution in [0.15, 0.2) is 53.4 Å². The molecule has 7 heteroatoms. The maximum atomic E-state index is 13.7. The lowest BCUT2D eigenvalue weighted by Gasteiger charge is -2.37. The molecule has 28 heavy (non-hydrogen) atoms. The molecule has 0 unspecified atom stereocenters. The van der Waals surface area contributed by atoms with Gasteiger partial charge in [-0.25, -0.2) is 12.8 Å². The first-order valence-corrected chi connectivity index (χ1v) is 10.9. The van der Waals surface area contributed by atoms with E-state index in [-0.39, 0.29) is 29.3 Å². The van der Waals surface area contributed by atoms with Gasteiger partial charge < -0.3 is 5.32 Å². The van der Waals surface area contributed by atoms with E-state index in [2.05, 4.69) is 5.32 Å². The summed E-state index contributed by atoms with van der Waals surface area (Å²) in [6.45, 7) is 3.87. The summed E-state index contributed by atoms with van der Waals surface area (Å²) in [4.78, 5) is 12.4. The van der Waals surface area contributed by atoms with Crippen LogP contribution in [0.4, 0.5) is 10.1 Å². The average molecular weight is 405 g/mol. The Hall–Kier alpha value is -2.25. The number of carbonyl (C=O) groups excluding carboxylic acids is 1. The van der Waals surface area contributed by atoms with Crippen molar-refractivity contribution in [3.05, 3.63) is 59.9 Å². The molecule has 5 nitrogen and oxygen atoms in total. The highest BCUT2D eigenvalue weighted by Gasteiger charge is 2.35. The zero-order chi connectivity index (χ0) is 20.3. The van der Waals surface area contributed by atoms with E-state index in [1.165, 1.54) is 18.2 Å². The third-order valence-corrected chi connectivity index (χ3v) is 7.28. The van der Waals surface area contributed by atoms with Crippen LogP contribution in [0.3, 0.4) is 0 Å². The minimum absolute atomic E-state index is 0.0334. The van der Waals surface area contributed by atoms with Crippen LogP contribution < -0.4 is 5.32 Å². The minimum Gasteiger partial charge on any atom is -0.326 e. The molecule has 1 heterocycles. The zero-order valence-corrected chi connectivity index (χ0v) is 16.9. The van der Waals surface area contributed by atoms with Crippen molar-refractivity contribution < 1.29 is 17.6 Å². The van der Waals surface area contributed by atoms with Crippen LogP contribution in [-0.4, -0.2) is 30.7 Å². The molecule has 150 valence electrons. The first kappa shape index (κ1) is 20.5. The molecule has 0 aliphatic carbocycles. The Labute approximate surface area is 165 Å². The molecule has 0 saturated carbocycles. The molecule has 0 bridgehead atoms. The van der Waals surface area contributed by atoms with E-state index in [0.717, 1.165) is 19.3 Å². The maximum absolute atomic E-state index is 13.7. The molecule has 1 fully saturated rings. The van der Waals surface area contributed by atoms with Crippen molar-refractivity contribution in [2.45, 2.75) is 56.5 Å². The van der Waals surface area contributed by atoms with Crippen LogP contribution in [-0.2, 0) is 21.2 Å². The smallest absolute Gasteiger partial charge is 0.243 e.